The van der Waals surface area contributed by atoms with Gasteiger partial charge >= 0.3 is 0 Å². The molecule has 0 aliphatic carbocycles. The number of allylic oxidation sites excluding steroid dienone is 1. The van der Waals surface area contributed by atoms with Crippen molar-refractivity contribution < 1.29 is 9.53 Å². The van der Waals surface area contributed by atoms with Crippen molar-refractivity contribution in [2.45, 2.75) is 25.8 Å². The summed E-state index contributed by atoms with van der Waals surface area (Å²) in [6.07, 6.45) is 2.32. The van der Waals surface area contributed by atoms with Gasteiger partial charge in [-0.05, 0) is 43.5 Å². The summed E-state index contributed by atoms with van der Waals surface area (Å²) in [5.74, 6) is -0.316. The monoisotopic (exact) mass is 536 g/mol. The molecule has 1 aromatic carbocycles. The van der Waals surface area contributed by atoms with Crippen LogP contribution in [0, 0.1) is 18.3 Å². The molecule has 6 nitrogen and oxygen atoms in total. The van der Waals surface area contributed by atoms with Crippen molar-refractivity contribution in [1.29, 1.82) is 5.26 Å². The minimum absolute atomic E-state index is 0.0355. The minimum atomic E-state index is -0.316. The van der Waals surface area contributed by atoms with Gasteiger partial charge in [0, 0.05) is 73.6 Å². The molecular weight excluding hydrogens is 511 g/mol. The number of carbonyl (C=O) groups is 1. The summed E-state index contributed by atoms with van der Waals surface area (Å²) in [4.78, 5) is 17.6. The summed E-state index contributed by atoms with van der Waals surface area (Å²) < 4.78 is 7.40. The first kappa shape index (κ1) is 21.7. The van der Waals surface area contributed by atoms with Gasteiger partial charge in [0.25, 0.3) is 0 Å². The molecule has 1 aromatic heterocycles. The van der Waals surface area contributed by atoms with E-state index in [9.17, 15) is 4.79 Å². The van der Waals surface area contributed by atoms with E-state index in [2.05, 4.69) is 56.6 Å². The minimum Gasteiger partial charge on any atom is -0.379 e. The number of halogens is 1. The molecule has 8 heteroatoms. The molecule has 158 valence electrons. The zero-order valence-corrected chi connectivity index (χ0v) is 20.0. The molecular formula is C22H25IN4O2S. The number of Topliss-reactive ketones (excluding diaryl/α,β-unsaturated/α-hetero) is 1. The van der Waals surface area contributed by atoms with E-state index in [1.165, 1.54) is 20.4 Å². The maximum atomic E-state index is 12.6. The molecule has 0 N–H and O–H groups in total. The molecule has 4 rings (SSSR count). The van der Waals surface area contributed by atoms with Crippen LogP contribution in [-0.4, -0.2) is 60.1 Å². The van der Waals surface area contributed by atoms with Gasteiger partial charge in [0.2, 0.25) is 5.78 Å². The third-order valence-electron chi connectivity index (χ3n) is 6.15. The smallest absolute Gasteiger partial charge is 0.220 e. The highest BCUT2D eigenvalue weighted by atomic mass is 127. The van der Waals surface area contributed by atoms with Crippen molar-refractivity contribution in [2.24, 2.45) is 0 Å². The van der Waals surface area contributed by atoms with Crippen LogP contribution < -0.4 is 4.90 Å². The average Bonchev–Trinajstić information content (AvgIpc) is 3.15. The summed E-state index contributed by atoms with van der Waals surface area (Å²) in [5.41, 5.74) is 3.90. The van der Waals surface area contributed by atoms with Gasteiger partial charge in [-0.25, -0.2) is 0 Å². The molecule has 0 atom stereocenters. The van der Waals surface area contributed by atoms with E-state index in [4.69, 9.17) is 10.00 Å². The van der Waals surface area contributed by atoms with Crippen molar-refractivity contribution in [1.82, 2.24) is 8.87 Å². The number of anilines is 1. The van der Waals surface area contributed by atoms with Crippen LogP contribution in [0.15, 0.2) is 30.4 Å². The molecule has 2 fully saturated rings. The number of piperidine rings is 1. The summed E-state index contributed by atoms with van der Waals surface area (Å²) >= 11 is 2.18. The van der Waals surface area contributed by atoms with Crippen LogP contribution in [0.4, 0.5) is 5.69 Å². The number of ether oxygens (including phenoxy) is 1. The van der Waals surface area contributed by atoms with E-state index in [0.717, 1.165) is 63.1 Å². The Morgan fingerprint density at radius 3 is 2.57 bits per heavy atom. The first-order chi connectivity index (χ1) is 14.5. The fourth-order valence-corrected chi connectivity index (χ4v) is 6.24. The third-order valence-corrected chi connectivity index (χ3v) is 7.87. The van der Waals surface area contributed by atoms with Gasteiger partial charge in [0.1, 0.15) is 11.8 Å². The fourth-order valence-electron chi connectivity index (χ4n) is 4.53. The number of benzene rings is 1. The lowest BCUT2D eigenvalue weighted by molar-refractivity contribution is 0.0115. The lowest BCUT2D eigenvalue weighted by atomic mass is 10.0. The summed E-state index contributed by atoms with van der Waals surface area (Å²) in [6, 6.07) is 8.73. The van der Waals surface area contributed by atoms with Crippen LogP contribution in [0.1, 0.15) is 28.9 Å². The second kappa shape index (κ2) is 9.30. The van der Waals surface area contributed by atoms with Gasteiger partial charge in [0.15, 0.2) is 0 Å². The van der Waals surface area contributed by atoms with Crippen LogP contribution >= 0.6 is 30.3 Å². The molecule has 0 radical (unpaired) electrons. The molecule has 0 unspecified atom stereocenters. The van der Waals surface area contributed by atoms with E-state index in [1.807, 2.05) is 16.1 Å². The zero-order chi connectivity index (χ0) is 21.3. The molecule has 0 spiro atoms. The molecule has 0 bridgehead atoms. The molecule has 3 heterocycles. The second-order valence-electron chi connectivity index (χ2n) is 7.88. The average molecular weight is 536 g/mol. The number of hydrogen-bond donors (Lipinski definition) is 0. The molecule has 2 aromatic rings. The molecule has 0 amide bonds. The number of carbonyl (C=O) groups excluding carboxylic acids is 1. The summed E-state index contributed by atoms with van der Waals surface area (Å²) in [6.45, 7) is 11.6. The van der Waals surface area contributed by atoms with Crippen molar-refractivity contribution in [2.75, 3.05) is 44.3 Å². The largest absolute Gasteiger partial charge is 0.379 e. The van der Waals surface area contributed by atoms with Crippen LogP contribution in [-0.2, 0) is 4.74 Å². The van der Waals surface area contributed by atoms with E-state index >= 15 is 0 Å². The first-order valence-corrected chi connectivity index (χ1v) is 13.5. The maximum absolute atomic E-state index is 12.6. The normalized spacial score (nSPS) is 18.5. The zero-order valence-electron chi connectivity index (χ0n) is 17.1. The van der Waals surface area contributed by atoms with Crippen LogP contribution in [0.25, 0.3) is 10.9 Å². The Morgan fingerprint density at radius 1 is 1.23 bits per heavy atom. The number of ketones is 1. The molecule has 2 saturated heterocycles. The van der Waals surface area contributed by atoms with Crippen molar-refractivity contribution in [3.8, 4) is 6.07 Å². The Kier molecular flexibility index (Phi) is 6.72. The van der Waals surface area contributed by atoms with Gasteiger partial charge in [0.05, 0.1) is 24.3 Å². The predicted octanol–water partition coefficient (Wildman–Crippen LogP) is 4.36. The summed E-state index contributed by atoms with van der Waals surface area (Å²) in [7, 11) is 1.45. The van der Waals surface area contributed by atoms with Gasteiger partial charge in [-0.3, -0.25) is 13.7 Å². The molecule has 30 heavy (non-hydrogen) atoms. The standard InChI is InChI=1S/C22H25IN4O2S/c1-15-11-17-12-21(22(28)16(2)14-24)27(30-23)20(17)13-19(15)26-5-3-18(4-6-26)25-7-9-29-10-8-25/h11-13,18H,2-10H2,1H3. The number of nitriles is 1. The topological polar surface area (TPSA) is 61.5 Å². The van der Waals surface area contributed by atoms with Gasteiger partial charge < -0.3 is 9.64 Å². The van der Waals surface area contributed by atoms with Crippen molar-refractivity contribution in [3.05, 3.63) is 41.6 Å². The maximum Gasteiger partial charge on any atom is 0.220 e. The third kappa shape index (κ3) is 4.13. The number of hydrogen-bond acceptors (Lipinski definition) is 6. The lowest BCUT2D eigenvalue weighted by Crippen LogP contribution is -2.49. The highest BCUT2D eigenvalue weighted by Crippen LogP contribution is 2.35. The summed E-state index contributed by atoms with van der Waals surface area (Å²) in [5, 5.41) is 10.1. The number of nitrogens with zero attached hydrogens (tertiary/aromatic N) is 4. The van der Waals surface area contributed by atoms with Crippen LogP contribution in [0.3, 0.4) is 0 Å². The molecule has 2 aliphatic rings. The van der Waals surface area contributed by atoms with Gasteiger partial charge in [-0.2, -0.15) is 5.26 Å². The quantitative estimate of drug-likeness (QED) is 0.245. The van der Waals surface area contributed by atoms with Crippen molar-refractivity contribution in [3.63, 3.8) is 0 Å². The Morgan fingerprint density at radius 2 is 1.93 bits per heavy atom. The second-order valence-corrected chi connectivity index (χ2v) is 9.56. The Labute approximate surface area is 193 Å². The fraction of sp³-hybridized carbons (Fsp3) is 0.455. The number of rotatable bonds is 5. The predicted molar refractivity (Wildman–Crippen MR) is 130 cm³/mol. The SMILES string of the molecule is C=C(C#N)C(=O)c1cc2cc(C)c(N3CCC(N4CCOCC4)CC3)cc2n1SI. The number of morpholine rings is 1. The number of aryl methyl sites for hydroxylation is 1. The lowest BCUT2D eigenvalue weighted by Gasteiger charge is -2.41. The number of fused-ring (bicyclic) bond motifs is 1. The highest BCUT2D eigenvalue weighted by Gasteiger charge is 2.27. The Hall–Kier alpha value is -1.54. The van der Waals surface area contributed by atoms with Crippen molar-refractivity contribution >= 4 is 52.7 Å². The van der Waals surface area contributed by atoms with Gasteiger partial charge in [-0.15, -0.1) is 0 Å². The Balaban J connectivity index is 1.59. The van der Waals surface area contributed by atoms with E-state index in [-0.39, 0.29) is 11.4 Å². The van der Waals surface area contributed by atoms with Crippen LogP contribution in [0.5, 0.6) is 0 Å². The van der Waals surface area contributed by atoms with Gasteiger partial charge in [-0.1, -0.05) is 6.58 Å². The van der Waals surface area contributed by atoms with E-state index in [1.54, 1.807) is 0 Å². The number of aromatic nitrogens is 1. The first-order valence-electron chi connectivity index (χ1n) is 10.2. The highest BCUT2D eigenvalue weighted by molar-refractivity contribution is 14.2. The molecule has 0 saturated carbocycles. The van der Waals surface area contributed by atoms with E-state index < -0.39 is 0 Å². The Bertz CT molecular complexity index is 1010. The van der Waals surface area contributed by atoms with E-state index in [0.29, 0.717) is 11.7 Å². The molecule has 2 aliphatic heterocycles. The van der Waals surface area contributed by atoms with Crippen LogP contribution in [0.2, 0.25) is 0 Å².